The summed E-state index contributed by atoms with van der Waals surface area (Å²) < 4.78 is 5.59. The molecule has 2 fully saturated rings. The molecule has 5 nitrogen and oxygen atoms in total. The Morgan fingerprint density at radius 3 is 2.63 bits per heavy atom. The molecule has 142 valence electrons. The molecule has 1 saturated carbocycles. The van der Waals surface area contributed by atoms with Gasteiger partial charge in [-0.25, -0.2) is 4.79 Å². The number of fused-ring (bicyclic) bond motifs is 2. The molecule has 0 radical (unpaired) electrons. The summed E-state index contributed by atoms with van der Waals surface area (Å²) in [5.41, 5.74) is 2.88. The average Bonchev–Trinajstić information content (AvgIpc) is 2.72. The van der Waals surface area contributed by atoms with E-state index in [4.69, 9.17) is 4.74 Å². The lowest BCUT2D eigenvalue weighted by molar-refractivity contribution is -0.0906. The molecule has 4 rings (SSSR count). The van der Waals surface area contributed by atoms with Gasteiger partial charge in [0.05, 0.1) is 17.9 Å². The second kappa shape index (κ2) is 7.71. The fourth-order valence-electron chi connectivity index (χ4n) is 4.47. The summed E-state index contributed by atoms with van der Waals surface area (Å²) in [6.45, 7) is 0.516. The first kappa shape index (κ1) is 18.0. The molecule has 2 aromatic carbocycles. The molecule has 0 spiro atoms. The van der Waals surface area contributed by atoms with Crippen molar-refractivity contribution < 1.29 is 14.6 Å². The Morgan fingerprint density at radius 2 is 1.85 bits per heavy atom. The number of anilines is 1. The lowest BCUT2D eigenvalue weighted by atomic mass is 9.76. The number of urea groups is 1. The highest BCUT2D eigenvalue weighted by Gasteiger charge is 2.44. The van der Waals surface area contributed by atoms with Crippen LogP contribution < -0.4 is 5.32 Å². The highest BCUT2D eigenvalue weighted by atomic mass is 16.5. The third kappa shape index (κ3) is 3.57. The Hall–Kier alpha value is -2.37. The standard InChI is InChI=1S/C22H26N2O3/c1-27-21-14-24(16-11-12-20(25)18(21)13-16)22(26)23-19-10-6-5-9-17(19)15-7-3-2-4-8-15/h2-10,16,18,20-21,25H,11-14H2,1H3,(H,23,26)/t16-,18-,20-,21+/m1/s1. The molecule has 27 heavy (non-hydrogen) atoms. The first-order chi connectivity index (χ1) is 13.2. The summed E-state index contributed by atoms with van der Waals surface area (Å²) in [5.74, 6) is 0.120. The van der Waals surface area contributed by atoms with E-state index in [0.29, 0.717) is 6.54 Å². The molecule has 0 aromatic heterocycles. The van der Waals surface area contributed by atoms with E-state index in [2.05, 4.69) is 5.32 Å². The van der Waals surface area contributed by atoms with E-state index in [1.165, 1.54) is 0 Å². The maximum absolute atomic E-state index is 13.1. The van der Waals surface area contributed by atoms with Crippen molar-refractivity contribution in [3.05, 3.63) is 54.6 Å². The number of hydrogen-bond acceptors (Lipinski definition) is 3. The van der Waals surface area contributed by atoms with E-state index in [-0.39, 0.29) is 30.2 Å². The number of nitrogens with zero attached hydrogens (tertiary/aromatic N) is 1. The van der Waals surface area contributed by atoms with Gasteiger partial charge in [0.25, 0.3) is 0 Å². The van der Waals surface area contributed by atoms with Crippen LogP contribution in [0.15, 0.2) is 54.6 Å². The van der Waals surface area contributed by atoms with Gasteiger partial charge in [-0.05, 0) is 30.9 Å². The van der Waals surface area contributed by atoms with E-state index < -0.39 is 0 Å². The van der Waals surface area contributed by atoms with Gasteiger partial charge in [0.2, 0.25) is 0 Å². The third-order valence-electron chi connectivity index (χ3n) is 5.95. The van der Waals surface area contributed by atoms with E-state index >= 15 is 0 Å². The number of para-hydroxylation sites is 1. The lowest BCUT2D eigenvalue weighted by Crippen LogP contribution is -2.58. The number of methoxy groups -OCH3 is 1. The number of carbonyl (C=O) groups excluding carboxylic acids is 1. The smallest absolute Gasteiger partial charge is 0.322 e. The van der Waals surface area contributed by atoms with Crippen LogP contribution in [0.3, 0.4) is 0 Å². The molecule has 1 aliphatic heterocycles. The normalized spacial score (nSPS) is 27.3. The molecular weight excluding hydrogens is 340 g/mol. The monoisotopic (exact) mass is 366 g/mol. The fraction of sp³-hybridized carbons (Fsp3) is 0.409. The van der Waals surface area contributed by atoms with Gasteiger partial charge in [-0.3, -0.25) is 0 Å². The second-order valence-corrected chi connectivity index (χ2v) is 7.47. The van der Waals surface area contributed by atoms with Crippen LogP contribution in [0.5, 0.6) is 0 Å². The van der Waals surface area contributed by atoms with Gasteiger partial charge in [-0.1, -0.05) is 48.5 Å². The number of rotatable bonds is 3. The van der Waals surface area contributed by atoms with Crippen LogP contribution in [0.2, 0.25) is 0 Å². The van der Waals surface area contributed by atoms with E-state index in [1.54, 1.807) is 7.11 Å². The number of amides is 2. The molecule has 2 N–H and O–H groups in total. The van der Waals surface area contributed by atoms with Crippen LogP contribution in [-0.2, 0) is 4.74 Å². The van der Waals surface area contributed by atoms with Gasteiger partial charge >= 0.3 is 6.03 Å². The second-order valence-electron chi connectivity index (χ2n) is 7.47. The molecule has 1 aliphatic carbocycles. The molecule has 2 aromatic rings. The van der Waals surface area contributed by atoms with Crippen LogP contribution in [0.4, 0.5) is 10.5 Å². The molecule has 2 aliphatic rings. The van der Waals surface area contributed by atoms with Crippen molar-refractivity contribution in [3.8, 4) is 11.1 Å². The van der Waals surface area contributed by atoms with Gasteiger partial charge in [-0.2, -0.15) is 0 Å². The number of piperidine rings is 1. The van der Waals surface area contributed by atoms with Gasteiger partial charge in [0.1, 0.15) is 0 Å². The Labute approximate surface area is 160 Å². The first-order valence-electron chi connectivity index (χ1n) is 9.60. The average molecular weight is 366 g/mol. The maximum Gasteiger partial charge on any atom is 0.322 e. The number of aliphatic hydroxyl groups excluding tert-OH is 1. The lowest BCUT2D eigenvalue weighted by Gasteiger charge is -2.48. The Morgan fingerprint density at radius 1 is 1.11 bits per heavy atom. The predicted octanol–water partition coefficient (Wildman–Crippen LogP) is 3.75. The molecular formula is C22H26N2O3. The zero-order valence-corrected chi connectivity index (χ0v) is 15.5. The molecule has 5 heteroatoms. The van der Waals surface area contributed by atoms with E-state index in [1.807, 2.05) is 59.5 Å². The molecule has 4 atom stereocenters. The fourth-order valence-corrected chi connectivity index (χ4v) is 4.47. The Kier molecular flexibility index (Phi) is 5.14. The molecule has 1 heterocycles. The highest BCUT2D eigenvalue weighted by Crippen LogP contribution is 2.37. The topological polar surface area (TPSA) is 61.8 Å². The van der Waals surface area contributed by atoms with Crippen LogP contribution in [0, 0.1) is 5.92 Å². The predicted molar refractivity (Wildman–Crippen MR) is 106 cm³/mol. The summed E-state index contributed by atoms with van der Waals surface area (Å²) in [7, 11) is 1.66. The van der Waals surface area contributed by atoms with Gasteiger partial charge in [0.15, 0.2) is 0 Å². The van der Waals surface area contributed by atoms with Crippen molar-refractivity contribution in [2.45, 2.75) is 37.5 Å². The van der Waals surface area contributed by atoms with Crippen molar-refractivity contribution in [2.75, 3.05) is 19.0 Å². The molecule has 0 unspecified atom stereocenters. The van der Waals surface area contributed by atoms with E-state index in [0.717, 1.165) is 36.1 Å². The van der Waals surface area contributed by atoms with Crippen LogP contribution in [-0.4, -0.2) is 47.9 Å². The summed E-state index contributed by atoms with van der Waals surface area (Å²) >= 11 is 0. The maximum atomic E-state index is 13.1. The molecule has 1 saturated heterocycles. The number of ether oxygens (including phenoxy) is 1. The zero-order chi connectivity index (χ0) is 18.8. The number of likely N-dealkylation sites (tertiary alicyclic amines) is 1. The van der Waals surface area contributed by atoms with Crippen molar-refractivity contribution in [1.82, 2.24) is 4.90 Å². The van der Waals surface area contributed by atoms with Gasteiger partial charge < -0.3 is 20.1 Å². The SMILES string of the molecule is CO[C@H]1CN(C(=O)Nc2ccccc2-c2ccccc2)[C@@H]2CC[C@@H](O)[C@H]1C2. The minimum Gasteiger partial charge on any atom is -0.393 e. The highest BCUT2D eigenvalue weighted by molar-refractivity contribution is 5.94. The largest absolute Gasteiger partial charge is 0.393 e. The van der Waals surface area contributed by atoms with Gasteiger partial charge in [0, 0.05) is 31.2 Å². The van der Waals surface area contributed by atoms with E-state index in [9.17, 15) is 9.90 Å². The summed E-state index contributed by atoms with van der Waals surface area (Å²) in [4.78, 5) is 15.0. The summed E-state index contributed by atoms with van der Waals surface area (Å²) in [5, 5.41) is 13.4. The van der Waals surface area contributed by atoms with Crippen LogP contribution in [0.25, 0.3) is 11.1 Å². The number of hydrogen-bond donors (Lipinski definition) is 2. The molecule has 2 amide bonds. The number of benzene rings is 2. The number of carbonyl (C=O) groups is 1. The zero-order valence-electron chi connectivity index (χ0n) is 15.5. The minimum atomic E-state index is -0.324. The molecule has 2 bridgehead atoms. The van der Waals surface area contributed by atoms with Crippen LogP contribution in [0.1, 0.15) is 19.3 Å². The van der Waals surface area contributed by atoms with Crippen LogP contribution >= 0.6 is 0 Å². The number of nitrogens with one attached hydrogen (secondary N) is 1. The Bertz CT molecular complexity index is 795. The van der Waals surface area contributed by atoms with Gasteiger partial charge in [-0.15, -0.1) is 0 Å². The van der Waals surface area contributed by atoms with Crippen molar-refractivity contribution in [2.24, 2.45) is 5.92 Å². The third-order valence-corrected chi connectivity index (χ3v) is 5.95. The summed E-state index contributed by atoms with van der Waals surface area (Å²) in [6.07, 6.45) is 1.91. The number of aliphatic hydroxyl groups is 1. The van der Waals surface area contributed by atoms with Crippen molar-refractivity contribution >= 4 is 11.7 Å². The van der Waals surface area contributed by atoms with Crippen molar-refractivity contribution in [3.63, 3.8) is 0 Å². The quantitative estimate of drug-likeness (QED) is 0.870. The first-order valence-corrected chi connectivity index (χ1v) is 9.60. The summed E-state index contributed by atoms with van der Waals surface area (Å²) in [6, 6.07) is 18.0. The minimum absolute atomic E-state index is 0.0970. The van der Waals surface area contributed by atoms with Crippen molar-refractivity contribution in [1.29, 1.82) is 0 Å². The Balaban J connectivity index is 1.55.